The van der Waals surface area contributed by atoms with Gasteiger partial charge in [0.15, 0.2) is 0 Å². The molecule has 5 heteroatoms. The van der Waals surface area contributed by atoms with Crippen molar-refractivity contribution >= 4 is 27.3 Å². The largest absolute Gasteiger partial charge is 0.495 e. The highest BCUT2D eigenvalue weighted by Crippen LogP contribution is 2.34. The molecule has 1 unspecified atom stereocenters. The Kier molecular flexibility index (Phi) is 4.37. The Morgan fingerprint density at radius 3 is 2.94 bits per heavy atom. The van der Waals surface area contributed by atoms with E-state index < -0.39 is 6.10 Å². The summed E-state index contributed by atoms with van der Waals surface area (Å²) in [6, 6.07) is 6.61. The monoisotopic (exact) mass is 330 g/mol. The maximum atomic E-state index is 13.4. The smallest absolute Gasteiger partial charge is 0.137 e. The lowest BCUT2D eigenvalue weighted by Crippen LogP contribution is -2.02. The van der Waals surface area contributed by atoms with Crippen LogP contribution in [-0.2, 0) is 6.42 Å². The van der Waals surface area contributed by atoms with Crippen molar-refractivity contribution in [3.8, 4) is 5.75 Å². The molecule has 0 aliphatic rings. The highest BCUT2D eigenvalue weighted by atomic mass is 79.9. The van der Waals surface area contributed by atoms with E-state index in [1.54, 1.807) is 19.2 Å². The quantitative estimate of drug-likeness (QED) is 0.920. The molecule has 96 valence electrons. The van der Waals surface area contributed by atoms with Crippen LogP contribution in [0, 0.1) is 5.82 Å². The number of ether oxygens (including phenoxy) is 1. The highest BCUT2D eigenvalue weighted by Gasteiger charge is 2.17. The van der Waals surface area contributed by atoms with Gasteiger partial charge in [0, 0.05) is 6.42 Å². The first-order chi connectivity index (χ1) is 8.63. The molecular formula is C13H12BrFO2S. The van der Waals surface area contributed by atoms with Crippen LogP contribution in [0.1, 0.15) is 16.5 Å². The summed E-state index contributed by atoms with van der Waals surface area (Å²) in [7, 11) is 1.57. The van der Waals surface area contributed by atoms with Gasteiger partial charge >= 0.3 is 0 Å². The van der Waals surface area contributed by atoms with E-state index in [1.165, 1.54) is 17.4 Å². The van der Waals surface area contributed by atoms with Crippen molar-refractivity contribution in [3.05, 3.63) is 50.4 Å². The van der Waals surface area contributed by atoms with Gasteiger partial charge in [-0.05, 0) is 39.0 Å². The number of benzene rings is 1. The Morgan fingerprint density at radius 1 is 1.44 bits per heavy atom. The van der Waals surface area contributed by atoms with Gasteiger partial charge in [-0.15, -0.1) is 11.3 Å². The van der Waals surface area contributed by atoms with Crippen LogP contribution in [0.3, 0.4) is 0 Å². The molecule has 1 aromatic heterocycles. The number of methoxy groups -OCH3 is 1. The summed E-state index contributed by atoms with van der Waals surface area (Å²) in [5.41, 5.74) is 0.734. The minimum Gasteiger partial charge on any atom is -0.495 e. The lowest BCUT2D eigenvalue weighted by atomic mass is 10.1. The molecule has 2 aromatic rings. The second-order valence-electron chi connectivity index (χ2n) is 3.79. The van der Waals surface area contributed by atoms with Crippen LogP contribution in [0.2, 0.25) is 0 Å². The molecule has 18 heavy (non-hydrogen) atoms. The summed E-state index contributed by atoms with van der Waals surface area (Å²) >= 11 is 4.62. The SMILES string of the molecule is COc1ccsc1C(O)Cc1cccc(F)c1Br. The molecule has 0 bridgehead atoms. The summed E-state index contributed by atoms with van der Waals surface area (Å²) in [6.45, 7) is 0. The van der Waals surface area contributed by atoms with Crippen molar-refractivity contribution in [1.82, 2.24) is 0 Å². The third-order valence-electron chi connectivity index (χ3n) is 2.62. The van der Waals surface area contributed by atoms with Gasteiger partial charge in [0.05, 0.1) is 22.6 Å². The summed E-state index contributed by atoms with van der Waals surface area (Å²) in [4.78, 5) is 0.758. The molecule has 0 spiro atoms. The second-order valence-corrected chi connectivity index (χ2v) is 5.53. The Labute approximate surface area is 117 Å². The Balaban J connectivity index is 2.21. The van der Waals surface area contributed by atoms with Crippen LogP contribution >= 0.6 is 27.3 Å². The van der Waals surface area contributed by atoms with E-state index in [9.17, 15) is 9.50 Å². The van der Waals surface area contributed by atoms with Crippen LogP contribution < -0.4 is 4.74 Å². The molecule has 1 N–H and O–H groups in total. The van der Waals surface area contributed by atoms with Gasteiger partial charge in [-0.3, -0.25) is 0 Å². The van der Waals surface area contributed by atoms with Gasteiger partial charge in [-0.2, -0.15) is 0 Å². The van der Waals surface area contributed by atoms with E-state index in [2.05, 4.69) is 15.9 Å². The van der Waals surface area contributed by atoms with Crippen LogP contribution in [0.15, 0.2) is 34.1 Å². The minimum atomic E-state index is -0.696. The first-order valence-corrected chi connectivity index (χ1v) is 7.03. The highest BCUT2D eigenvalue weighted by molar-refractivity contribution is 9.10. The Morgan fingerprint density at radius 2 is 2.22 bits per heavy atom. The molecule has 2 rings (SSSR count). The number of hydrogen-bond donors (Lipinski definition) is 1. The van der Waals surface area contributed by atoms with Crippen LogP contribution in [0.5, 0.6) is 5.75 Å². The topological polar surface area (TPSA) is 29.5 Å². The van der Waals surface area contributed by atoms with Crippen molar-refractivity contribution in [1.29, 1.82) is 0 Å². The summed E-state index contributed by atoms with van der Waals surface area (Å²) in [6.07, 6.45) is -0.354. The first-order valence-electron chi connectivity index (χ1n) is 5.35. The average molecular weight is 331 g/mol. The zero-order chi connectivity index (χ0) is 13.1. The van der Waals surface area contributed by atoms with Gasteiger partial charge in [0.25, 0.3) is 0 Å². The summed E-state index contributed by atoms with van der Waals surface area (Å²) in [5, 5.41) is 12.0. The average Bonchev–Trinajstić information content (AvgIpc) is 2.83. The molecule has 0 amide bonds. The standard InChI is InChI=1S/C13H12BrFO2S/c1-17-11-5-6-18-13(11)10(16)7-8-3-2-4-9(15)12(8)14/h2-6,10,16H,7H2,1H3. The van der Waals surface area contributed by atoms with Crippen LogP contribution in [-0.4, -0.2) is 12.2 Å². The van der Waals surface area contributed by atoms with E-state index in [-0.39, 0.29) is 5.82 Å². The van der Waals surface area contributed by atoms with E-state index in [4.69, 9.17) is 4.74 Å². The zero-order valence-electron chi connectivity index (χ0n) is 9.69. The maximum absolute atomic E-state index is 13.4. The molecule has 0 saturated carbocycles. The molecule has 0 aliphatic heterocycles. The summed E-state index contributed by atoms with van der Waals surface area (Å²) in [5.74, 6) is 0.345. The lowest BCUT2D eigenvalue weighted by molar-refractivity contribution is 0.178. The second kappa shape index (κ2) is 5.82. The van der Waals surface area contributed by atoms with Crippen molar-refractivity contribution in [3.63, 3.8) is 0 Å². The van der Waals surface area contributed by atoms with Crippen LogP contribution in [0.4, 0.5) is 4.39 Å². The van der Waals surface area contributed by atoms with E-state index in [0.29, 0.717) is 16.6 Å². The molecule has 1 aromatic carbocycles. The number of rotatable bonds is 4. The molecule has 2 nitrogen and oxygen atoms in total. The third kappa shape index (κ3) is 2.74. The van der Waals surface area contributed by atoms with Gasteiger partial charge in [0.2, 0.25) is 0 Å². The maximum Gasteiger partial charge on any atom is 0.137 e. The van der Waals surface area contributed by atoms with Gasteiger partial charge in [-0.1, -0.05) is 12.1 Å². The number of thiophene rings is 1. The van der Waals surface area contributed by atoms with E-state index >= 15 is 0 Å². The van der Waals surface area contributed by atoms with Gasteiger partial charge in [0.1, 0.15) is 11.6 Å². The van der Waals surface area contributed by atoms with Crippen molar-refractivity contribution in [2.24, 2.45) is 0 Å². The zero-order valence-corrected chi connectivity index (χ0v) is 12.1. The first kappa shape index (κ1) is 13.5. The van der Waals surface area contributed by atoms with Crippen molar-refractivity contribution < 1.29 is 14.2 Å². The Hall–Kier alpha value is -0.910. The number of aliphatic hydroxyl groups is 1. The summed E-state index contributed by atoms with van der Waals surface area (Å²) < 4.78 is 18.9. The van der Waals surface area contributed by atoms with Crippen LogP contribution in [0.25, 0.3) is 0 Å². The third-order valence-corrected chi connectivity index (χ3v) is 4.51. The van der Waals surface area contributed by atoms with Crippen molar-refractivity contribution in [2.75, 3.05) is 7.11 Å². The molecule has 0 radical (unpaired) electrons. The van der Waals surface area contributed by atoms with E-state index in [0.717, 1.165) is 10.4 Å². The van der Waals surface area contributed by atoms with E-state index in [1.807, 2.05) is 11.4 Å². The lowest BCUT2D eigenvalue weighted by Gasteiger charge is -2.12. The number of halogens is 2. The van der Waals surface area contributed by atoms with Gasteiger partial charge in [-0.25, -0.2) is 4.39 Å². The molecule has 0 fully saturated rings. The molecular weight excluding hydrogens is 319 g/mol. The predicted octanol–water partition coefficient (Wildman–Crippen LogP) is 3.93. The fraction of sp³-hybridized carbons (Fsp3) is 0.231. The number of aliphatic hydroxyl groups excluding tert-OH is 1. The fourth-order valence-electron chi connectivity index (χ4n) is 1.73. The molecule has 1 atom stereocenters. The fourth-order valence-corrected chi connectivity index (χ4v) is 3.00. The Bertz CT molecular complexity index is 542. The molecule has 0 aliphatic carbocycles. The van der Waals surface area contributed by atoms with Gasteiger partial charge < -0.3 is 9.84 Å². The molecule has 1 heterocycles. The minimum absolute atomic E-state index is 0.321. The molecule has 0 saturated heterocycles. The number of hydrogen-bond acceptors (Lipinski definition) is 3. The van der Waals surface area contributed by atoms with Crippen molar-refractivity contribution in [2.45, 2.75) is 12.5 Å². The normalized spacial score (nSPS) is 12.4. The predicted molar refractivity (Wildman–Crippen MR) is 73.6 cm³/mol.